The molecule has 33 heavy (non-hydrogen) atoms. The van der Waals surface area contributed by atoms with Gasteiger partial charge in [-0.25, -0.2) is 5.10 Å². The van der Waals surface area contributed by atoms with Crippen molar-refractivity contribution >= 4 is 5.91 Å². The Bertz CT molecular complexity index is 976. The molecule has 0 fully saturated rings. The summed E-state index contributed by atoms with van der Waals surface area (Å²) in [6.45, 7) is 8.48. The highest BCUT2D eigenvalue weighted by atomic mass is 16.3. The number of nitrogens with one attached hydrogen (secondary N) is 1. The highest BCUT2D eigenvalue weighted by molar-refractivity contribution is 5.99. The number of benzene rings is 1. The Balaban J connectivity index is 2.33. The summed E-state index contributed by atoms with van der Waals surface area (Å²) in [4.78, 5) is 14.8. The number of amides is 1. The summed E-state index contributed by atoms with van der Waals surface area (Å²) in [5.41, 5.74) is 3.71. The van der Waals surface area contributed by atoms with Gasteiger partial charge in [0.1, 0.15) is 11.5 Å². The molecule has 180 valence electrons. The molecule has 0 radical (unpaired) electrons. The lowest BCUT2D eigenvalue weighted by atomic mass is 9.94. The molecule has 0 atom stereocenters. The van der Waals surface area contributed by atoms with Crippen molar-refractivity contribution in [3.8, 4) is 11.5 Å². The van der Waals surface area contributed by atoms with Crippen LogP contribution in [0.3, 0.4) is 0 Å². The number of nitrogens with zero attached hydrogens (tertiary/aromatic N) is 4. The van der Waals surface area contributed by atoms with Crippen LogP contribution in [-0.2, 0) is 19.4 Å². The van der Waals surface area contributed by atoms with Gasteiger partial charge in [-0.1, -0.05) is 43.1 Å². The number of aromatic hydroxyl groups is 2. The second kappa shape index (κ2) is 12.8. The van der Waals surface area contributed by atoms with Gasteiger partial charge in [0.25, 0.3) is 5.91 Å². The summed E-state index contributed by atoms with van der Waals surface area (Å²) in [7, 11) is 1.64. The van der Waals surface area contributed by atoms with Crippen LogP contribution in [0.2, 0.25) is 0 Å². The first-order valence-electron chi connectivity index (χ1n) is 11.6. The van der Waals surface area contributed by atoms with Crippen LogP contribution in [0.4, 0.5) is 0 Å². The number of carbonyl (C=O) groups is 1. The molecule has 2 aromatic rings. The molecule has 0 saturated heterocycles. The second-order valence-electron chi connectivity index (χ2n) is 8.80. The van der Waals surface area contributed by atoms with E-state index in [4.69, 9.17) is 0 Å². The molecule has 3 N–H and O–H groups in total. The lowest BCUT2D eigenvalue weighted by Gasteiger charge is -2.21. The summed E-state index contributed by atoms with van der Waals surface area (Å²) in [5, 5.41) is 35.4. The molecule has 0 aliphatic heterocycles. The van der Waals surface area contributed by atoms with E-state index in [1.165, 1.54) is 16.0 Å². The molecule has 8 heteroatoms. The standard InChI is InChI=1S/C25H37N5O3/c1-6-7-8-12-19-15-21(31)20(14-13-18(4)11-9-10-17(2)3)24(32)23(19)25(33)30(5)16-22-26-28-29-27-22/h10,13,15,31-32H,6-9,11-12,14,16H2,1-5H3,(H,26,27,28,29). The van der Waals surface area contributed by atoms with E-state index in [1.54, 1.807) is 13.1 Å². The van der Waals surface area contributed by atoms with Gasteiger partial charge in [0, 0.05) is 12.6 Å². The average Bonchev–Trinajstić information content (AvgIpc) is 3.26. The Morgan fingerprint density at radius 3 is 2.58 bits per heavy atom. The minimum atomic E-state index is -0.332. The number of aromatic nitrogens is 4. The summed E-state index contributed by atoms with van der Waals surface area (Å²) in [6, 6.07) is 1.63. The monoisotopic (exact) mass is 455 g/mol. The number of unbranched alkanes of at least 4 members (excludes halogenated alkanes) is 2. The third kappa shape index (κ3) is 7.73. The minimum Gasteiger partial charge on any atom is -0.508 e. The number of carbonyl (C=O) groups excluding carboxylic acids is 1. The predicted molar refractivity (Wildman–Crippen MR) is 129 cm³/mol. The first-order valence-corrected chi connectivity index (χ1v) is 11.6. The molecule has 2 rings (SSSR count). The van der Waals surface area contributed by atoms with Crippen molar-refractivity contribution in [2.75, 3.05) is 7.05 Å². The number of phenolic OH excluding ortho intramolecular Hbond substituents is 2. The number of hydrogen-bond donors (Lipinski definition) is 3. The molecule has 0 aliphatic rings. The van der Waals surface area contributed by atoms with Crippen LogP contribution in [0.5, 0.6) is 11.5 Å². The van der Waals surface area contributed by atoms with E-state index >= 15 is 0 Å². The third-order valence-corrected chi connectivity index (χ3v) is 5.60. The van der Waals surface area contributed by atoms with E-state index in [1.807, 2.05) is 13.0 Å². The number of aromatic amines is 1. The molecule has 0 saturated carbocycles. The fourth-order valence-corrected chi connectivity index (χ4v) is 3.65. The number of H-pyrrole nitrogens is 1. The molecular formula is C25H37N5O3. The number of rotatable bonds is 12. The molecule has 0 bridgehead atoms. The lowest BCUT2D eigenvalue weighted by Crippen LogP contribution is -2.28. The van der Waals surface area contributed by atoms with Crippen molar-refractivity contribution in [1.82, 2.24) is 25.5 Å². The summed E-state index contributed by atoms with van der Waals surface area (Å²) < 4.78 is 0. The molecule has 8 nitrogen and oxygen atoms in total. The van der Waals surface area contributed by atoms with E-state index in [0.29, 0.717) is 29.8 Å². The molecule has 0 spiro atoms. The van der Waals surface area contributed by atoms with Crippen LogP contribution in [0.1, 0.15) is 87.1 Å². The normalized spacial score (nSPS) is 11.5. The Morgan fingerprint density at radius 1 is 1.18 bits per heavy atom. The van der Waals surface area contributed by atoms with Crippen LogP contribution in [0.15, 0.2) is 29.4 Å². The molecule has 0 aliphatic carbocycles. The third-order valence-electron chi connectivity index (χ3n) is 5.60. The Labute approximate surface area is 196 Å². The van der Waals surface area contributed by atoms with E-state index < -0.39 is 0 Å². The molecular weight excluding hydrogens is 418 g/mol. The summed E-state index contributed by atoms with van der Waals surface area (Å²) >= 11 is 0. The quantitative estimate of drug-likeness (QED) is 0.311. The predicted octanol–water partition coefficient (Wildman–Crippen LogP) is 4.85. The van der Waals surface area contributed by atoms with Crippen LogP contribution < -0.4 is 0 Å². The molecule has 1 aromatic carbocycles. The number of phenols is 2. The molecule has 1 heterocycles. The zero-order chi connectivity index (χ0) is 24.4. The van der Waals surface area contributed by atoms with Gasteiger partial charge in [-0.3, -0.25) is 4.79 Å². The molecule has 1 amide bonds. The van der Waals surface area contributed by atoms with Gasteiger partial charge in [0.05, 0.1) is 12.1 Å². The molecule has 1 aromatic heterocycles. The number of hydrogen-bond acceptors (Lipinski definition) is 6. The highest BCUT2D eigenvalue weighted by Gasteiger charge is 2.25. The van der Waals surface area contributed by atoms with Gasteiger partial charge in [0.2, 0.25) is 0 Å². The van der Waals surface area contributed by atoms with Crippen LogP contribution in [-0.4, -0.2) is 48.7 Å². The van der Waals surface area contributed by atoms with Gasteiger partial charge in [-0.2, -0.15) is 0 Å². The maximum Gasteiger partial charge on any atom is 0.258 e. The maximum absolute atomic E-state index is 13.3. The van der Waals surface area contributed by atoms with Crippen molar-refractivity contribution in [3.63, 3.8) is 0 Å². The van der Waals surface area contributed by atoms with E-state index in [0.717, 1.165) is 32.1 Å². The first kappa shape index (κ1) is 26.1. The average molecular weight is 456 g/mol. The Kier molecular flexibility index (Phi) is 10.1. The van der Waals surface area contributed by atoms with Crippen molar-refractivity contribution in [1.29, 1.82) is 0 Å². The van der Waals surface area contributed by atoms with Gasteiger partial charge < -0.3 is 15.1 Å². The van der Waals surface area contributed by atoms with E-state index in [2.05, 4.69) is 47.5 Å². The first-order chi connectivity index (χ1) is 15.7. The van der Waals surface area contributed by atoms with Gasteiger partial charge >= 0.3 is 0 Å². The van der Waals surface area contributed by atoms with Gasteiger partial charge in [-0.15, -0.1) is 5.10 Å². The van der Waals surface area contributed by atoms with Crippen molar-refractivity contribution < 1.29 is 15.0 Å². The number of aryl methyl sites for hydroxylation is 1. The summed E-state index contributed by atoms with van der Waals surface area (Å²) in [6.07, 6.45) is 9.91. The van der Waals surface area contributed by atoms with Crippen molar-refractivity contribution in [2.24, 2.45) is 0 Å². The molecule has 0 unspecified atom stereocenters. The smallest absolute Gasteiger partial charge is 0.258 e. The zero-order valence-corrected chi connectivity index (χ0v) is 20.5. The van der Waals surface area contributed by atoms with E-state index in [-0.39, 0.29) is 29.5 Å². The zero-order valence-electron chi connectivity index (χ0n) is 20.5. The lowest BCUT2D eigenvalue weighted by molar-refractivity contribution is 0.0777. The number of allylic oxidation sites excluding steroid dienone is 4. The number of tetrazole rings is 1. The Morgan fingerprint density at radius 2 is 1.94 bits per heavy atom. The minimum absolute atomic E-state index is 0.0194. The largest absolute Gasteiger partial charge is 0.508 e. The van der Waals surface area contributed by atoms with Crippen molar-refractivity contribution in [3.05, 3.63) is 51.9 Å². The van der Waals surface area contributed by atoms with Gasteiger partial charge in [-0.05, 0) is 74.9 Å². The van der Waals surface area contributed by atoms with Crippen LogP contribution in [0, 0.1) is 0 Å². The van der Waals surface area contributed by atoms with Gasteiger partial charge in [0.15, 0.2) is 5.82 Å². The second-order valence-corrected chi connectivity index (χ2v) is 8.80. The summed E-state index contributed by atoms with van der Waals surface area (Å²) in [5.74, 6) is -0.0129. The fourth-order valence-electron chi connectivity index (χ4n) is 3.65. The van der Waals surface area contributed by atoms with E-state index in [9.17, 15) is 15.0 Å². The highest BCUT2D eigenvalue weighted by Crippen LogP contribution is 2.36. The van der Waals surface area contributed by atoms with Crippen LogP contribution >= 0.6 is 0 Å². The maximum atomic E-state index is 13.3. The topological polar surface area (TPSA) is 115 Å². The fraction of sp³-hybridized carbons (Fsp3) is 0.520. The Hall–Kier alpha value is -3.16. The van der Waals surface area contributed by atoms with Crippen LogP contribution in [0.25, 0.3) is 0 Å². The SMILES string of the molecule is CCCCCc1cc(O)c(CC=C(C)CCC=C(C)C)c(O)c1C(=O)N(C)Cc1nnn[nH]1. The van der Waals surface area contributed by atoms with Crippen molar-refractivity contribution in [2.45, 2.75) is 79.2 Å².